The molecule has 2 aromatic rings. The van der Waals surface area contributed by atoms with Crippen molar-refractivity contribution in [3.05, 3.63) is 69.3 Å². The highest BCUT2D eigenvalue weighted by Gasteiger charge is 2.28. The van der Waals surface area contributed by atoms with Crippen molar-refractivity contribution in [2.24, 2.45) is 9.98 Å². The number of nitrogens with zero attached hydrogens (tertiary/aromatic N) is 2. The van der Waals surface area contributed by atoms with E-state index in [1.54, 1.807) is 0 Å². The Balaban J connectivity index is 1.92. The summed E-state index contributed by atoms with van der Waals surface area (Å²) in [5.74, 6) is -21.7. The maximum Gasteiger partial charge on any atom is 0.200 e. The van der Waals surface area contributed by atoms with Crippen molar-refractivity contribution >= 4 is 12.4 Å². The van der Waals surface area contributed by atoms with Gasteiger partial charge in [-0.2, -0.15) is 0 Å². The summed E-state index contributed by atoms with van der Waals surface area (Å²) in [6.07, 6.45) is 2.40. The summed E-state index contributed by atoms with van der Waals surface area (Å²) in [5, 5.41) is 0. The second-order valence-electron chi connectivity index (χ2n) is 6.94. The Bertz CT molecular complexity index is 967. The maximum absolute atomic E-state index is 13.8. The molecule has 0 N–H and O–H groups in total. The SMILES string of the molecule is Fc1c(F)c(F)c(C=N[C@@H]2CCCC[C@H]2N=Cc2c(F)c(F)c(F)c(F)c2F)c(F)c1F. The molecule has 0 amide bonds. The van der Waals surface area contributed by atoms with Gasteiger partial charge in [0.2, 0.25) is 11.6 Å². The van der Waals surface area contributed by atoms with Crippen LogP contribution in [0, 0.1) is 58.2 Å². The summed E-state index contributed by atoms with van der Waals surface area (Å²) in [6.45, 7) is 0. The maximum atomic E-state index is 13.8. The van der Waals surface area contributed by atoms with Gasteiger partial charge in [-0.05, 0) is 12.8 Å². The monoisotopic (exact) mass is 470 g/mol. The van der Waals surface area contributed by atoms with Crippen LogP contribution in [-0.4, -0.2) is 24.5 Å². The average molecular weight is 470 g/mol. The first kappa shape index (κ1) is 23.7. The lowest BCUT2D eigenvalue weighted by molar-refractivity contribution is 0.375. The van der Waals surface area contributed by atoms with Crippen LogP contribution >= 0.6 is 0 Å². The summed E-state index contributed by atoms with van der Waals surface area (Å²) in [7, 11) is 0. The molecule has 12 heteroatoms. The predicted octanol–water partition coefficient (Wildman–Crippen LogP) is 5.93. The second-order valence-corrected chi connectivity index (χ2v) is 6.94. The third-order valence-electron chi connectivity index (χ3n) is 4.97. The van der Waals surface area contributed by atoms with Crippen LogP contribution < -0.4 is 0 Å². The van der Waals surface area contributed by atoms with E-state index in [-0.39, 0.29) is 12.8 Å². The van der Waals surface area contributed by atoms with Crippen molar-refractivity contribution in [3.63, 3.8) is 0 Å². The van der Waals surface area contributed by atoms with Crippen LogP contribution in [-0.2, 0) is 0 Å². The van der Waals surface area contributed by atoms with Crippen LogP contribution in [0.3, 0.4) is 0 Å². The van der Waals surface area contributed by atoms with Crippen molar-refractivity contribution in [1.82, 2.24) is 0 Å². The van der Waals surface area contributed by atoms with E-state index in [2.05, 4.69) is 9.98 Å². The van der Waals surface area contributed by atoms with Crippen LogP contribution in [0.2, 0.25) is 0 Å². The molecule has 32 heavy (non-hydrogen) atoms. The Morgan fingerprint density at radius 3 is 0.969 bits per heavy atom. The average Bonchev–Trinajstić information content (AvgIpc) is 2.79. The molecule has 0 aliphatic heterocycles. The summed E-state index contributed by atoms with van der Waals surface area (Å²) in [6, 6.07) is -1.81. The van der Waals surface area contributed by atoms with E-state index in [9.17, 15) is 43.9 Å². The van der Waals surface area contributed by atoms with E-state index in [0.717, 1.165) is 0 Å². The van der Waals surface area contributed by atoms with E-state index in [4.69, 9.17) is 0 Å². The van der Waals surface area contributed by atoms with E-state index in [0.29, 0.717) is 25.3 Å². The van der Waals surface area contributed by atoms with Crippen molar-refractivity contribution in [2.45, 2.75) is 37.8 Å². The van der Waals surface area contributed by atoms with Gasteiger partial charge >= 0.3 is 0 Å². The summed E-state index contributed by atoms with van der Waals surface area (Å²) >= 11 is 0. The standard InChI is InChI=1S/C20H12F10N2/c21-11-7(12(22)16(26)19(29)15(11)25)5-31-9-3-1-2-4-10(9)32-6-8-13(23)17(27)20(30)18(28)14(8)24/h5-6,9-10H,1-4H2/t9-,10-/m1/s1. The first-order valence-corrected chi connectivity index (χ1v) is 9.15. The topological polar surface area (TPSA) is 24.7 Å². The van der Waals surface area contributed by atoms with Gasteiger partial charge in [0.1, 0.15) is 0 Å². The molecule has 0 unspecified atom stereocenters. The van der Waals surface area contributed by atoms with Crippen molar-refractivity contribution < 1.29 is 43.9 Å². The van der Waals surface area contributed by atoms with Crippen molar-refractivity contribution in [3.8, 4) is 0 Å². The minimum Gasteiger partial charge on any atom is -0.287 e. The van der Waals surface area contributed by atoms with Crippen molar-refractivity contribution in [2.75, 3.05) is 0 Å². The van der Waals surface area contributed by atoms with Crippen LogP contribution in [0.15, 0.2) is 9.98 Å². The molecule has 0 aromatic heterocycles. The highest BCUT2D eigenvalue weighted by molar-refractivity contribution is 5.81. The zero-order chi connectivity index (χ0) is 23.7. The highest BCUT2D eigenvalue weighted by atomic mass is 19.2. The molecule has 0 saturated heterocycles. The van der Waals surface area contributed by atoms with E-state index in [1.165, 1.54) is 0 Å². The van der Waals surface area contributed by atoms with Gasteiger partial charge in [-0.1, -0.05) is 12.8 Å². The molecule has 2 nitrogen and oxygen atoms in total. The van der Waals surface area contributed by atoms with Gasteiger partial charge in [-0.15, -0.1) is 0 Å². The molecule has 0 radical (unpaired) electrons. The lowest BCUT2D eigenvalue weighted by Gasteiger charge is -2.25. The molecule has 172 valence electrons. The number of hydrogen-bond donors (Lipinski definition) is 0. The van der Waals surface area contributed by atoms with Gasteiger partial charge in [-0.3, -0.25) is 9.98 Å². The van der Waals surface area contributed by atoms with Gasteiger partial charge in [0.05, 0.1) is 23.2 Å². The van der Waals surface area contributed by atoms with Gasteiger partial charge in [-0.25, -0.2) is 43.9 Å². The molecule has 3 rings (SSSR count). The van der Waals surface area contributed by atoms with Gasteiger partial charge in [0.25, 0.3) is 0 Å². The zero-order valence-electron chi connectivity index (χ0n) is 15.8. The Morgan fingerprint density at radius 1 is 0.438 bits per heavy atom. The van der Waals surface area contributed by atoms with E-state index in [1.807, 2.05) is 0 Å². The minimum absolute atomic E-state index is 0.227. The lowest BCUT2D eigenvalue weighted by atomic mass is 9.91. The fraction of sp³-hybridized carbons (Fsp3) is 0.300. The Morgan fingerprint density at radius 2 is 0.688 bits per heavy atom. The number of benzene rings is 2. The summed E-state index contributed by atoms with van der Waals surface area (Å²) in [4.78, 5) is 7.61. The molecule has 0 spiro atoms. The molecule has 1 aliphatic rings. The van der Waals surface area contributed by atoms with Gasteiger partial charge in [0, 0.05) is 12.4 Å². The molecule has 1 aliphatic carbocycles. The Hall–Kier alpha value is -2.92. The first-order valence-electron chi connectivity index (χ1n) is 9.15. The predicted molar refractivity (Wildman–Crippen MR) is 93.7 cm³/mol. The molecule has 2 atom stereocenters. The quantitative estimate of drug-likeness (QED) is 0.229. The lowest BCUT2D eigenvalue weighted by Crippen LogP contribution is -2.27. The molecular formula is C20H12F10N2. The fourth-order valence-corrected chi connectivity index (χ4v) is 3.25. The number of rotatable bonds is 4. The zero-order valence-corrected chi connectivity index (χ0v) is 15.8. The molecule has 1 fully saturated rings. The normalized spacial score (nSPS) is 19.4. The Kier molecular flexibility index (Phi) is 6.89. The molecule has 0 bridgehead atoms. The van der Waals surface area contributed by atoms with Gasteiger partial charge < -0.3 is 0 Å². The molecule has 2 aromatic carbocycles. The van der Waals surface area contributed by atoms with Crippen molar-refractivity contribution in [1.29, 1.82) is 0 Å². The van der Waals surface area contributed by atoms with Crippen LogP contribution in [0.25, 0.3) is 0 Å². The van der Waals surface area contributed by atoms with Crippen LogP contribution in [0.5, 0.6) is 0 Å². The first-order chi connectivity index (χ1) is 15.1. The second kappa shape index (κ2) is 9.29. The van der Waals surface area contributed by atoms with Crippen LogP contribution in [0.4, 0.5) is 43.9 Å². The van der Waals surface area contributed by atoms with E-state index >= 15 is 0 Å². The van der Waals surface area contributed by atoms with Gasteiger partial charge in [0.15, 0.2) is 46.5 Å². The number of halogens is 10. The fourth-order valence-electron chi connectivity index (χ4n) is 3.25. The highest BCUT2D eigenvalue weighted by Crippen LogP contribution is 2.27. The number of hydrogen-bond acceptors (Lipinski definition) is 2. The summed E-state index contributed by atoms with van der Waals surface area (Å²) < 4.78 is 135. The van der Waals surface area contributed by atoms with Crippen LogP contribution in [0.1, 0.15) is 36.8 Å². The smallest absolute Gasteiger partial charge is 0.200 e. The third kappa shape index (κ3) is 4.22. The summed E-state index contributed by atoms with van der Waals surface area (Å²) in [5.41, 5.74) is -2.57. The third-order valence-corrected chi connectivity index (χ3v) is 4.97. The Labute approximate surface area is 174 Å². The number of aliphatic imine (C=N–C) groups is 2. The molecule has 0 heterocycles. The largest absolute Gasteiger partial charge is 0.287 e. The van der Waals surface area contributed by atoms with E-state index < -0.39 is 81.4 Å². The molecule has 1 saturated carbocycles. The minimum atomic E-state index is -2.33. The molecular weight excluding hydrogens is 458 g/mol.